The Kier molecular flexibility index (Phi) is 4.18. The van der Waals surface area contributed by atoms with Gasteiger partial charge in [0.15, 0.2) is 0 Å². The summed E-state index contributed by atoms with van der Waals surface area (Å²) in [5, 5.41) is 7.85. The molecule has 1 unspecified atom stereocenters. The zero-order valence-electron chi connectivity index (χ0n) is 13.2. The Hall–Kier alpha value is -1.75. The molecule has 0 aliphatic heterocycles. The van der Waals surface area contributed by atoms with Crippen molar-refractivity contribution >= 4 is 0 Å². The molecule has 1 atom stereocenters. The molecule has 108 valence electrons. The number of nitrogens with zero attached hydrogens (tertiary/aromatic N) is 4. The summed E-state index contributed by atoms with van der Waals surface area (Å²) in [6.07, 6.45) is 0. The highest BCUT2D eigenvalue weighted by molar-refractivity contribution is 5.33. The summed E-state index contributed by atoms with van der Waals surface area (Å²) in [6, 6.07) is 1.97. The summed E-state index contributed by atoms with van der Waals surface area (Å²) in [7, 11) is 1.97. The maximum atomic E-state index is 4.63. The number of hydrogen-bond donors (Lipinski definition) is 1. The average molecular weight is 273 g/mol. The highest BCUT2D eigenvalue weighted by Gasteiger charge is 2.19. The van der Waals surface area contributed by atoms with Gasteiger partial charge in [-0.25, -0.2) is 14.6 Å². The Morgan fingerprint density at radius 1 is 1.15 bits per heavy atom. The van der Waals surface area contributed by atoms with Gasteiger partial charge in [-0.2, -0.15) is 5.10 Å². The van der Waals surface area contributed by atoms with Gasteiger partial charge < -0.3 is 5.32 Å². The monoisotopic (exact) mass is 273 g/mol. The number of aryl methyl sites for hydroxylation is 3. The lowest BCUT2D eigenvalue weighted by molar-refractivity contribution is 0.670. The fourth-order valence-electron chi connectivity index (χ4n) is 2.77. The summed E-state index contributed by atoms with van der Waals surface area (Å²) >= 11 is 0. The standard InChI is InChI=1S/C15H23N5/c1-9(8-16-6)14-12(4)19-20(13(14)5)15-17-10(2)7-11(3)18-15/h7,9,16H,8H2,1-6H3. The number of aromatic nitrogens is 4. The van der Waals surface area contributed by atoms with E-state index in [-0.39, 0.29) is 0 Å². The molecule has 0 fully saturated rings. The van der Waals surface area contributed by atoms with Crippen LogP contribution in [0.4, 0.5) is 0 Å². The highest BCUT2D eigenvalue weighted by atomic mass is 15.4. The van der Waals surface area contributed by atoms with Crippen LogP contribution in [0.15, 0.2) is 6.07 Å². The molecule has 2 heterocycles. The molecule has 2 rings (SSSR count). The molecule has 5 nitrogen and oxygen atoms in total. The van der Waals surface area contributed by atoms with Gasteiger partial charge in [0, 0.05) is 29.2 Å². The molecule has 0 aliphatic carbocycles. The van der Waals surface area contributed by atoms with Gasteiger partial charge >= 0.3 is 0 Å². The molecule has 0 amide bonds. The summed E-state index contributed by atoms with van der Waals surface area (Å²) < 4.78 is 1.86. The van der Waals surface area contributed by atoms with Gasteiger partial charge in [0.25, 0.3) is 5.95 Å². The van der Waals surface area contributed by atoms with Crippen LogP contribution in [0.3, 0.4) is 0 Å². The average Bonchev–Trinajstić information content (AvgIpc) is 2.64. The van der Waals surface area contributed by atoms with Crippen LogP contribution in [0.2, 0.25) is 0 Å². The molecule has 20 heavy (non-hydrogen) atoms. The van der Waals surface area contributed by atoms with Gasteiger partial charge in [0.1, 0.15) is 0 Å². The summed E-state index contributed by atoms with van der Waals surface area (Å²) in [5.74, 6) is 1.07. The molecule has 0 radical (unpaired) electrons. The van der Waals surface area contributed by atoms with Crippen LogP contribution in [0, 0.1) is 27.7 Å². The van der Waals surface area contributed by atoms with Crippen LogP contribution in [0.5, 0.6) is 0 Å². The van der Waals surface area contributed by atoms with Gasteiger partial charge in [-0.15, -0.1) is 0 Å². The van der Waals surface area contributed by atoms with Crippen molar-refractivity contribution in [3.8, 4) is 5.95 Å². The van der Waals surface area contributed by atoms with Crippen molar-refractivity contribution in [3.63, 3.8) is 0 Å². The molecular weight excluding hydrogens is 250 g/mol. The molecule has 1 N–H and O–H groups in total. The van der Waals surface area contributed by atoms with Crippen molar-refractivity contribution in [2.45, 2.75) is 40.5 Å². The fraction of sp³-hybridized carbons (Fsp3) is 0.533. The predicted molar refractivity (Wildman–Crippen MR) is 80.4 cm³/mol. The van der Waals surface area contributed by atoms with E-state index in [2.05, 4.69) is 34.2 Å². The lowest BCUT2D eigenvalue weighted by Gasteiger charge is -2.11. The first-order valence-electron chi connectivity index (χ1n) is 6.97. The molecule has 0 aromatic carbocycles. The number of rotatable bonds is 4. The van der Waals surface area contributed by atoms with E-state index in [0.717, 1.165) is 29.3 Å². The Labute approximate surface area is 120 Å². The maximum Gasteiger partial charge on any atom is 0.251 e. The lowest BCUT2D eigenvalue weighted by atomic mass is 9.99. The van der Waals surface area contributed by atoms with Gasteiger partial charge in [0.05, 0.1) is 5.69 Å². The van der Waals surface area contributed by atoms with Crippen LogP contribution in [-0.4, -0.2) is 33.3 Å². The molecule has 0 aliphatic rings. The summed E-state index contributed by atoms with van der Waals surface area (Å²) in [6.45, 7) is 11.2. The molecular formula is C15H23N5. The van der Waals surface area contributed by atoms with Gasteiger partial charge in [-0.05, 0) is 46.7 Å². The minimum absolute atomic E-state index is 0.416. The third-order valence-electron chi connectivity index (χ3n) is 3.51. The number of likely N-dealkylation sites (N-methyl/N-ethyl adjacent to an activating group) is 1. The van der Waals surface area contributed by atoms with Crippen molar-refractivity contribution in [2.24, 2.45) is 0 Å². The normalized spacial score (nSPS) is 12.7. The van der Waals surface area contributed by atoms with Crippen LogP contribution in [0.1, 0.15) is 41.2 Å². The molecule has 2 aromatic heterocycles. The Morgan fingerprint density at radius 2 is 1.75 bits per heavy atom. The zero-order valence-corrected chi connectivity index (χ0v) is 13.2. The van der Waals surface area contributed by atoms with Crippen molar-refractivity contribution in [1.29, 1.82) is 0 Å². The van der Waals surface area contributed by atoms with Crippen LogP contribution in [-0.2, 0) is 0 Å². The number of hydrogen-bond acceptors (Lipinski definition) is 4. The van der Waals surface area contributed by atoms with Gasteiger partial charge in [-0.1, -0.05) is 6.92 Å². The second-order valence-corrected chi connectivity index (χ2v) is 5.41. The first-order valence-corrected chi connectivity index (χ1v) is 6.97. The van der Waals surface area contributed by atoms with Crippen molar-refractivity contribution in [2.75, 3.05) is 13.6 Å². The van der Waals surface area contributed by atoms with E-state index in [1.54, 1.807) is 0 Å². The van der Waals surface area contributed by atoms with Gasteiger partial charge in [-0.3, -0.25) is 0 Å². The van der Waals surface area contributed by atoms with Crippen molar-refractivity contribution < 1.29 is 0 Å². The summed E-state index contributed by atoms with van der Waals surface area (Å²) in [5.41, 5.74) is 5.38. The molecule has 0 saturated heterocycles. The third kappa shape index (κ3) is 2.72. The second-order valence-electron chi connectivity index (χ2n) is 5.41. The van der Waals surface area contributed by atoms with E-state index in [1.807, 2.05) is 38.6 Å². The lowest BCUT2D eigenvalue weighted by Crippen LogP contribution is -2.16. The van der Waals surface area contributed by atoms with Crippen molar-refractivity contribution in [1.82, 2.24) is 25.1 Å². The smallest absolute Gasteiger partial charge is 0.251 e. The van der Waals surface area contributed by atoms with Crippen LogP contribution >= 0.6 is 0 Å². The van der Waals surface area contributed by atoms with Crippen molar-refractivity contribution in [3.05, 3.63) is 34.4 Å². The molecule has 2 aromatic rings. The third-order valence-corrected chi connectivity index (χ3v) is 3.51. The van der Waals surface area contributed by atoms with E-state index in [4.69, 9.17) is 0 Å². The summed E-state index contributed by atoms with van der Waals surface area (Å²) in [4.78, 5) is 9.00. The second kappa shape index (κ2) is 5.71. The minimum atomic E-state index is 0.416. The van der Waals surface area contributed by atoms with Crippen LogP contribution < -0.4 is 5.32 Å². The molecule has 0 saturated carbocycles. The minimum Gasteiger partial charge on any atom is -0.319 e. The Bertz CT molecular complexity index is 595. The van der Waals surface area contributed by atoms with Crippen LogP contribution in [0.25, 0.3) is 5.95 Å². The van der Waals surface area contributed by atoms with Gasteiger partial charge in [0.2, 0.25) is 0 Å². The van der Waals surface area contributed by atoms with E-state index in [9.17, 15) is 0 Å². The molecule has 0 spiro atoms. The highest BCUT2D eigenvalue weighted by Crippen LogP contribution is 2.24. The molecule has 5 heteroatoms. The first kappa shape index (κ1) is 14.7. The van der Waals surface area contributed by atoms with E-state index in [1.165, 1.54) is 5.56 Å². The maximum absolute atomic E-state index is 4.63. The SMILES string of the molecule is CNCC(C)c1c(C)nn(-c2nc(C)cc(C)n2)c1C. The molecule has 0 bridgehead atoms. The predicted octanol–water partition coefficient (Wildman–Crippen LogP) is 2.22. The van der Waals surface area contributed by atoms with E-state index >= 15 is 0 Å². The number of nitrogens with one attached hydrogen (secondary N) is 1. The van der Waals surface area contributed by atoms with E-state index in [0.29, 0.717) is 11.9 Å². The quantitative estimate of drug-likeness (QED) is 0.928. The van der Waals surface area contributed by atoms with E-state index < -0.39 is 0 Å². The Balaban J connectivity index is 2.51. The Morgan fingerprint density at radius 3 is 2.30 bits per heavy atom. The fourth-order valence-corrected chi connectivity index (χ4v) is 2.77. The largest absolute Gasteiger partial charge is 0.319 e. The topological polar surface area (TPSA) is 55.6 Å². The zero-order chi connectivity index (χ0) is 14.9. The first-order chi connectivity index (χ1) is 9.43.